The summed E-state index contributed by atoms with van der Waals surface area (Å²) in [5, 5.41) is 6.30. The highest BCUT2D eigenvalue weighted by atomic mass is 32.2. The number of ether oxygens (including phenoxy) is 1. The molecule has 1 aromatic carbocycles. The first-order chi connectivity index (χ1) is 16.6. The number of rotatable bonds is 7. The molecule has 3 aromatic heterocycles. The van der Waals surface area contributed by atoms with Crippen LogP contribution in [0.5, 0.6) is 5.75 Å². The average Bonchev–Trinajstić information content (AvgIpc) is 3.79. The fourth-order valence-corrected chi connectivity index (χ4v) is 5.70. The van der Waals surface area contributed by atoms with Crippen LogP contribution in [0.1, 0.15) is 36.8 Å². The molecule has 0 spiro atoms. The highest BCUT2D eigenvalue weighted by molar-refractivity contribution is 7.98. The molecule has 0 bridgehead atoms. The van der Waals surface area contributed by atoms with Gasteiger partial charge in [0.25, 0.3) is 0 Å². The van der Waals surface area contributed by atoms with Crippen LogP contribution in [0.3, 0.4) is 0 Å². The summed E-state index contributed by atoms with van der Waals surface area (Å²) in [6.45, 7) is 4.37. The Morgan fingerprint density at radius 3 is 2.38 bits per heavy atom. The molecule has 0 unspecified atom stereocenters. The first-order valence-corrected chi connectivity index (χ1v) is 13.3. The summed E-state index contributed by atoms with van der Waals surface area (Å²) in [6, 6.07) is 14.2. The molecule has 0 N–H and O–H groups in total. The molecule has 2 fully saturated rings. The molecule has 2 aliphatic carbocycles. The number of hydrogen-bond acceptors (Lipinski definition) is 5. The first-order valence-electron chi connectivity index (χ1n) is 12.0. The maximum Gasteiger partial charge on any atom is 0.142 e. The Kier molecular flexibility index (Phi) is 5.29. The van der Waals surface area contributed by atoms with Crippen molar-refractivity contribution in [2.45, 2.75) is 56.6 Å². The number of benzene rings is 1. The van der Waals surface area contributed by atoms with E-state index in [0.29, 0.717) is 12.1 Å². The summed E-state index contributed by atoms with van der Waals surface area (Å²) in [5.41, 5.74) is 9.34. The second-order valence-corrected chi connectivity index (χ2v) is 10.3. The smallest absolute Gasteiger partial charge is 0.142 e. The van der Waals surface area contributed by atoms with Crippen molar-refractivity contribution >= 4 is 23.0 Å². The molecule has 6 heteroatoms. The normalized spacial score (nSPS) is 15.6. The quantitative estimate of drug-likeness (QED) is 0.287. The van der Waals surface area contributed by atoms with Gasteiger partial charge < -0.3 is 9.64 Å². The van der Waals surface area contributed by atoms with E-state index in [1.807, 2.05) is 12.3 Å². The van der Waals surface area contributed by atoms with Crippen LogP contribution in [0.15, 0.2) is 53.8 Å². The second kappa shape index (κ2) is 8.35. The third-order valence-corrected chi connectivity index (χ3v) is 7.69. The number of aryl methyl sites for hydroxylation is 2. The molecule has 2 aliphatic rings. The predicted molar refractivity (Wildman–Crippen MR) is 140 cm³/mol. The largest absolute Gasteiger partial charge is 0.496 e. The number of thioether (sulfide) groups is 1. The van der Waals surface area contributed by atoms with Gasteiger partial charge in [-0.1, -0.05) is 18.2 Å². The van der Waals surface area contributed by atoms with E-state index in [2.05, 4.69) is 64.8 Å². The van der Waals surface area contributed by atoms with E-state index in [1.165, 1.54) is 42.5 Å². The molecule has 0 radical (unpaired) electrons. The summed E-state index contributed by atoms with van der Waals surface area (Å²) in [4.78, 5) is 6.99. The molecule has 2 saturated carbocycles. The van der Waals surface area contributed by atoms with Crippen molar-refractivity contribution in [3.63, 3.8) is 0 Å². The van der Waals surface area contributed by atoms with Crippen LogP contribution in [-0.2, 0) is 0 Å². The summed E-state index contributed by atoms with van der Waals surface area (Å²) < 4.78 is 8.12. The molecule has 0 saturated heterocycles. The minimum Gasteiger partial charge on any atom is -0.496 e. The number of nitrogens with zero attached hydrogens (tertiary/aromatic N) is 4. The molecule has 0 atom stereocenters. The molecule has 6 rings (SSSR count). The Labute approximate surface area is 205 Å². The maximum absolute atomic E-state index is 5.95. The lowest BCUT2D eigenvalue weighted by Crippen LogP contribution is -2.28. The predicted octanol–water partition coefficient (Wildman–Crippen LogP) is 6.54. The highest BCUT2D eigenvalue weighted by Gasteiger charge is 2.42. The molecular formula is C28H30N4OS. The van der Waals surface area contributed by atoms with Gasteiger partial charge in [0.1, 0.15) is 10.8 Å². The third-order valence-electron chi connectivity index (χ3n) is 7.02. The lowest BCUT2D eigenvalue weighted by Gasteiger charge is -2.25. The first kappa shape index (κ1) is 21.5. The molecule has 34 heavy (non-hydrogen) atoms. The van der Waals surface area contributed by atoms with Gasteiger partial charge in [0.2, 0.25) is 0 Å². The fourth-order valence-electron chi connectivity index (χ4n) is 5.14. The van der Waals surface area contributed by atoms with Gasteiger partial charge in [0.15, 0.2) is 0 Å². The standard InChI is InChI=1S/C28H30N4OS/c1-17-7-12-23(25-18(2)14-20(15-24(25)33-3)19-6-5-13-29-16-19)32-26(17)27(28(30-32)34-4)31(21-8-9-21)22-10-11-22/h5-7,12-16,21-22H,8-11H2,1-4H3. The molecule has 4 aromatic rings. The van der Waals surface area contributed by atoms with Crippen LogP contribution < -0.4 is 9.64 Å². The van der Waals surface area contributed by atoms with E-state index in [4.69, 9.17) is 9.84 Å². The van der Waals surface area contributed by atoms with Crippen molar-refractivity contribution in [2.75, 3.05) is 18.3 Å². The molecule has 0 aliphatic heterocycles. The van der Waals surface area contributed by atoms with E-state index >= 15 is 0 Å². The summed E-state index contributed by atoms with van der Waals surface area (Å²) in [5.74, 6) is 0.855. The van der Waals surface area contributed by atoms with Gasteiger partial charge in [-0.15, -0.1) is 11.8 Å². The second-order valence-electron chi connectivity index (χ2n) is 9.50. The van der Waals surface area contributed by atoms with Crippen LogP contribution >= 0.6 is 11.8 Å². The van der Waals surface area contributed by atoms with Gasteiger partial charge in [0.05, 0.1) is 24.0 Å². The average molecular weight is 471 g/mol. The van der Waals surface area contributed by atoms with Crippen LogP contribution in [0.2, 0.25) is 0 Å². The Morgan fingerprint density at radius 1 is 1.00 bits per heavy atom. The van der Waals surface area contributed by atoms with Crippen LogP contribution in [0.4, 0.5) is 5.69 Å². The van der Waals surface area contributed by atoms with Gasteiger partial charge in [-0.2, -0.15) is 5.10 Å². The number of anilines is 1. The maximum atomic E-state index is 5.95. The zero-order chi connectivity index (χ0) is 23.4. The molecular weight excluding hydrogens is 440 g/mol. The summed E-state index contributed by atoms with van der Waals surface area (Å²) in [6.07, 6.45) is 11.0. The molecule has 174 valence electrons. The van der Waals surface area contributed by atoms with E-state index in [-0.39, 0.29) is 0 Å². The monoisotopic (exact) mass is 470 g/mol. The van der Waals surface area contributed by atoms with E-state index < -0.39 is 0 Å². The van der Waals surface area contributed by atoms with Crippen molar-refractivity contribution in [2.24, 2.45) is 0 Å². The zero-order valence-electron chi connectivity index (χ0n) is 20.2. The Bertz CT molecular complexity index is 1360. The van der Waals surface area contributed by atoms with E-state index in [1.54, 1.807) is 25.1 Å². The number of pyridine rings is 2. The van der Waals surface area contributed by atoms with Crippen LogP contribution in [0, 0.1) is 13.8 Å². The lowest BCUT2D eigenvalue weighted by atomic mass is 9.97. The Hall–Kier alpha value is -2.99. The third kappa shape index (κ3) is 3.56. The Morgan fingerprint density at radius 2 is 1.76 bits per heavy atom. The number of hydrogen-bond donors (Lipinski definition) is 0. The number of aromatic nitrogens is 3. The van der Waals surface area contributed by atoms with Gasteiger partial charge in [-0.05, 0) is 80.7 Å². The van der Waals surface area contributed by atoms with E-state index in [9.17, 15) is 0 Å². The Balaban J connectivity index is 1.57. The molecule has 3 heterocycles. The molecule has 0 amide bonds. The van der Waals surface area contributed by atoms with Crippen LogP contribution in [0.25, 0.3) is 27.9 Å². The topological polar surface area (TPSA) is 42.7 Å². The van der Waals surface area contributed by atoms with Crippen molar-refractivity contribution in [1.82, 2.24) is 14.6 Å². The van der Waals surface area contributed by atoms with Crippen molar-refractivity contribution in [3.05, 3.63) is 59.9 Å². The van der Waals surface area contributed by atoms with Crippen LogP contribution in [-0.4, -0.2) is 40.0 Å². The lowest BCUT2D eigenvalue weighted by molar-refractivity contribution is 0.416. The minimum atomic E-state index is 0.671. The summed E-state index contributed by atoms with van der Waals surface area (Å²) >= 11 is 1.75. The highest BCUT2D eigenvalue weighted by Crippen LogP contribution is 2.47. The van der Waals surface area contributed by atoms with Crippen molar-refractivity contribution < 1.29 is 4.74 Å². The zero-order valence-corrected chi connectivity index (χ0v) is 21.0. The van der Waals surface area contributed by atoms with Gasteiger partial charge in [0, 0.05) is 35.6 Å². The number of fused-ring (bicyclic) bond motifs is 1. The fraction of sp³-hybridized carbons (Fsp3) is 0.357. The van der Waals surface area contributed by atoms with E-state index in [0.717, 1.165) is 38.7 Å². The molecule has 5 nitrogen and oxygen atoms in total. The number of methoxy groups -OCH3 is 1. The van der Waals surface area contributed by atoms with Gasteiger partial charge in [-0.25, -0.2) is 4.52 Å². The van der Waals surface area contributed by atoms with Crippen molar-refractivity contribution in [3.8, 4) is 28.1 Å². The SMILES string of the molecule is COc1cc(-c2cccnc2)cc(C)c1-c1ccc(C)c2c(N(C3CC3)C3CC3)c(SC)nn12. The van der Waals surface area contributed by atoms with Gasteiger partial charge >= 0.3 is 0 Å². The summed E-state index contributed by atoms with van der Waals surface area (Å²) in [7, 11) is 1.75. The van der Waals surface area contributed by atoms with Crippen molar-refractivity contribution in [1.29, 1.82) is 0 Å². The minimum absolute atomic E-state index is 0.671. The van der Waals surface area contributed by atoms with Gasteiger partial charge in [-0.3, -0.25) is 4.98 Å².